The van der Waals surface area contributed by atoms with Gasteiger partial charge in [0.1, 0.15) is 0 Å². The van der Waals surface area contributed by atoms with Crippen molar-refractivity contribution in [1.29, 1.82) is 5.26 Å². The average molecular weight is 242 g/mol. The molecule has 1 aromatic carbocycles. The predicted molar refractivity (Wildman–Crippen MR) is 74.1 cm³/mol. The molecule has 0 bridgehead atoms. The van der Waals surface area contributed by atoms with Crippen molar-refractivity contribution in [1.82, 2.24) is 0 Å². The second-order valence-electron chi connectivity index (χ2n) is 6.57. The molecular formula is C16H22N2. The third-order valence-corrected chi connectivity index (χ3v) is 4.08. The van der Waals surface area contributed by atoms with Crippen LogP contribution in [-0.4, -0.2) is 0 Å². The molecule has 1 aromatic rings. The first-order valence-corrected chi connectivity index (χ1v) is 6.58. The maximum atomic E-state index is 9.23. The number of aryl methyl sites for hydroxylation is 1. The Hall–Kier alpha value is -1.33. The molecular weight excluding hydrogens is 220 g/mol. The molecule has 2 rings (SSSR count). The Morgan fingerprint density at radius 2 is 1.94 bits per heavy atom. The molecule has 0 amide bonds. The fourth-order valence-electron chi connectivity index (χ4n) is 2.42. The number of nitrogens with zero attached hydrogens (tertiary/aromatic N) is 1. The van der Waals surface area contributed by atoms with Gasteiger partial charge in [-0.1, -0.05) is 39.0 Å². The molecule has 1 fully saturated rings. The zero-order chi connectivity index (χ0) is 13.6. The molecule has 0 saturated heterocycles. The molecule has 18 heavy (non-hydrogen) atoms. The van der Waals surface area contributed by atoms with Gasteiger partial charge in [-0.15, -0.1) is 0 Å². The molecule has 1 saturated carbocycles. The van der Waals surface area contributed by atoms with E-state index in [9.17, 15) is 5.26 Å². The van der Waals surface area contributed by atoms with Crippen molar-refractivity contribution in [2.45, 2.75) is 52.0 Å². The van der Waals surface area contributed by atoms with E-state index in [0.29, 0.717) is 0 Å². The van der Waals surface area contributed by atoms with Crippen LogP contribution in [0, 0.1) is 23.7 Å². The summed E-state index contributed by atoms with van der Waals surface area (Å²) in [5, 5.41) is 9.23. The lowest BCUT2D eigenvalue weighted by Crippen LogP contribution is -2.23. The Morgan fingerprint density at radius 1 is 1.33 bits per heavy atom. The smallest absolute Gasteiger partial charge is 0.0767 e. The van der Waals surface area contributed by atoms with E-state index in [-0.39, 0.29) is 16.9 Å². The highest BCUT2D eigenvalue weighted by Gasteiger charge is 2.49. The van der Waals surface area contributed by atoms with Gasteiger partial charge >= 0.3 is 0 Å². The first kappa shape index (κ1) is 13.1. The van der Waals surface area contributed by atoms with E-state index < -0.39 is 0 Å². The largest absolute Gasteiger partial charge is 0.323 e. The molecule has 0 radical (unpaired) electrons. The lowest BCUT2D eigenvalue weighted by atomic mass is 9.82. The minimum Gasteiger partial charge on any atom is -0.323 e. The second-order valence-corrected chi connectivity index (χ2v) is 6.57. The standard InChI is InChI=1S/C16H22N2/c1-11-9-12(15(2,3)4)5-6-13(11)14(18)16(10-17)7-8-16/h5-6,9,14H,7-8,18H2,1-4H3. The summed E-state index contributed by atoms with van der Waals surface area (Å²) in [6.07, 6.45) is 1.87. The third kappa shape index (κ3) is 2.15. The topological polar surface area (TPSA) is 49.8 Å². The highest BCUT2D eigenvalue weighted by molar-refractivity contribution is 5.39. The van der Waals surface area contributed by atoms with Crippen LogP contribution in [0.4, 0.5) is 0 Å². The zero-order valence-corrected chi connectivity index (χ0v) is 11.7. The van der Waals surface area contributed by atoms with Crippen LogP contribution in [0.1, 0.15) is 56.3 Å². The molecule has 1 aliphatic rings. The van der Waals surface area contributed by atoms with Gasteiger partial charge in [0.2, 0.25) is 0 Å². The average Bonchev–Trinajstić information content (AvgIpc) is 3.07. The summed E-state index contributed by atoms with van der Waals surface area (Å²) in [5.41, 5.74) is 9.79. The second kappa shape index (κ2) is 4.10. The number of hydrogen-bond donors (Lipinski definition) is 1. The summed E-state index contributed by atoms with van der Waals surface area (Å²) in [6.45, 7) is 8.72. The first-order chi connectivity index (χ1) is 8.30. The molecule has 1 atom stereocenters. The number of nitriles is 1. The Bertz CT molecular complexity index is 499. The minimum atomic E-state index is -0.298. The minimum absolute atomic E-state index is 0.142. The van der Waals surface area contributed by atoms with Gasteiger partial charge in [0.15, 0.2) is 0 Å². The third-order valence-electron chi connectivity index (χ3n) is 4.08. The highest BCUT2D eigenvalue weighted by atomic mass is 14.7. The van der Waals surface area contributed by atoms with Crippen LogP contribution in [0.15, 0.2) is 18.2 Å². The van der Waals surface area contributed by atoms with E-state index in [2.05, 4.69) is 52.0 Å². The van der Waals surface area contributed by atoms with Crippen LogP contribution < -0.4 is 5.73 Å². The van der Waals surface area contributed by atoms with E-state index in [0.717, 1.165) is 18.4 Å². The molecule has 96 valence electrons. The number of rotatable bonds is 2. The van der Waals surface area contributed by atoms with Crippen LogP contribution in [0.2, 0.25) is 0 Å². The molecule has 0 aromatic heterocycles. The Labute approximate surface area is 110 Å². The molecule has 1 unspecified atom stereocenters. The van der Waals surface area contributed by atoms with E-state index >= 15 is 0 Å². The van der Waals surface area contributed by atoms with Crippen LogP contribution in [0.3, 0.4) is 0 Å². The molecule has 2 N–H and O–H groups in total. The van der Waals surface area contributed by atoms with E-state index in [1.54, 1.807) is 0 Å². The van der Waals surface area contributed by atoms with Gasteiger partial charge in [-0.2, -0.15) is 5.26 Å². The predicted octanol–water partition coefficient (Wildman–Crippen LogP) is 3.60. The van der Waals surface area contributed by atoms with Gasteiger partial charge in [0.25, 0.3) is 0 Å². The Morgan fingerprint density at radius 3 is 2.33 bits per heavy atom. The molecule has 0 aliphatic heterocycles. The quantitative estimate of drug-likeness (QED) is 0.861. The normalized spacial score (nSPS) is 19.1. The number of hydrogen-bond acceptors (Lipinski definition) is 2. The number of nitrogens with two attached hydrogens (primary N) is 1. The summed E-state index contributed by atoms with van der Waals surface area (Å²) in [4.78, 5) is 0. The maximum absolute atomic E-state index is 9.23. The van der Waals surface area contributed by atoms with Gasteiger partial charge in [-0.3, -0.25) is 0 Å². The monoisotopic (exact) mass is 242 g/mol. The van der Waals surface area contributed by atoms with Crippen LogP contribution in [-0.2, 0) is 5.41 Å². The van der Waals surface area contributed by atoms with Crippen LogP contribution in [0.5, 0.6) is 0 Å². The highest BCUT2D eigenvalue weighted by Crippen LogP contribution is 2.53. The molecule has 0 heterocycles. The molecule has 1 aliphatic carbocycles. The summed E-state index contributed by atoms with van der Waals surface area (Å²) in [7, 11) is 0. The summed E-state index contributed by atoms with van der Waals surface area (Å²) in [6, 6.07) is 8.72. The summed E-state index contributed by atoms with van der Waals surface area (Å²) >= 11 is 0. The fourth-order valence-corrected chi connectivity index (χ4v) is 2.42. The number of benzene rings is 1. The summed E-state index contributed by atoms with van der Waals surface area (Å²) < 4.78 is 0. The zero-order valence-electron chi connectivity index (χ0n) is 11.7. The van der Waals surface area contributed by atoms with Gasteiger partial charge in [0.05, 0.1) is 11.5 Å². The first-order valence-electron chi connectivity index (χ1n) is 6.58. The lowest BCUT2D eigenvalue weighted by Gasteiger charge is -2.24. The fraction of sp³-hybridized carbons (Fsp3) is 0.562. The molecule has 0 spiro atoms. The lowest BCUT2D eigenvalue weighted by molar-refractivity contribution is 0.516. The Balaban J connectivity index is 2.34. The van der Waals surface area contributed by atoms with Gasteiger partial charge in [0, 0.05) is 6.04 Å². The van der Waals surface area contributed by atoms with E-state index in [1.165, 1.54) is 11.1 Å². The van der Waals surface area contributed by atoms with Gasteiger partial charge < -0.3 is 5.73 Å². The Kier molecular flexibility index (Phi) is 2.99. The van der Waals surface area contributed by atoms with Crippen molar-refractivity contribution in [3.63, 3.8) is 0 Å². The van der Waals surface area contributed by atoms with E-state index in [1.807, 2.05) is 0 Å². The maximum Gasteiger partial charge on any atom is 0.0767 e. The van der Waals surface area contributed by atoms with Crippen molar-refractivity contribution in [2.24, 2.45) is 11.1 Å². The van der Waals surface area contributed by atoms with Crippen molar-refractivity contribution in [3.05, 3.63) is 34.9 Å². The van der Waals surface area contributed by atoms with Crippen molar-refractivity contribution in [2.75, 3.05) is 0 Å². The van der Waals surface area contributed by atoms with Gasteiger partial charge in [-0.05, 0) is 41.9 Å². The summed E-state index contributed by atoms with van der Waals surface area (Å²) in [5.74, 6) is 0. The molecule has 2 heteroatoms. The van der Waals surface area contributed by atoms with Crippen LogP contribution >= 0.6 is 0 Å². The SMILES string of the molecule is Cc1cc(C(C)(C)C)ccc1C(N)C1(C#N)CC1. The van der Waals surface area contributed by atoms with Crippen LogP contribution in [0.25, 0.3) is 0 Å². The molecule has 2 nitrogen and oxygen atoms in total. The van der Waals surface area contributed by atoms with Gasteiger partial charge in [-0.25, -0.2) is 0 Å². The van der Waals surface area contributed by atoms with Crippen molar-refractivity contribution >= 4 is 0 Å². The van der Waals surface area contributed by atoms with Crippen molar-refractivity contribution < 1.29 is 0 Å². The van der Waals surface area contributed by atoms with Crippen molar-refractivity contribution in [3.8, 4) is 6.07 Å². The van der Waals surface area contributed by atoms with E-state index in [4.69, 9.17) is 5.73 Å².